The van der Waals surface area contributed by atoms with Crippen molar-refractivity contribution in [3.05, 3.63) is 59.2 Å². The van der Waals surface area contributed by atoms with Crippen LogP contribution in [-0.2, 0) is 4.79 Å². The second-order valence-electron chi connectivity index (χ2n) is 4.75. The van der Waals surface area contributed by atoms with Crippen molar-refractivity contribution in [2.24, 2.45) is 0 Å². The van der Waals surface area contributed by atoms with Gasteiger partial charge in [0.2, 0.25) is 0 Å². The fourth-order valence-electron chi connectivity index (χ4n) is 2.30. The van der Waals surface area contributed by atoms with Crippen LogP contribution in [0.25, 0.3) is 0 Å². The van der Waals surface area contributed by atoms with Gasteiger partial charge in [-0.15, -0.1) is 0 Å². The lowest BCUT2D eigenvalue weighted by atomic mass is 10.0. The van der Waals surface area contributed by atoms with E-state index in [1.807, 2.05) is 19.1 Å². The lowest BCUT2D eigenvalue weighted by Crippen LogP contribution is -2.21. The average molecular weight is 274 g/mol. The summed E-state index contributed by atoms with van der Waals surface area (Å²) in [5.41, 5.74) is 2.04. The van der Waals surface area contributed by atoms with Crippen LogP contribution in [0.15, 0.2) is 36.4 Å². The molecule has 3 nitrogen and oxygen atoms in total. The summed E-state index contributed by atoms with van der Waals surface area (Å²) in [5, 5.41) is 5.34. The van der Waals surface area contributed by atoms with Gasteiger partial charge in [0.05, 0.1) is 0 Å². The van der Waals surface area contributed by atoms with Crippen molar-refractivity contribution in [2.45, 2.75) is 13.0 Å². The van der Waals surface area contributed by atoms with Gasteiger partial charge in [-0.2, -0.15) is 0 Å². The van der Waals surface area contributed by atoms with Gasteiger partial charge in [0, 0.05) is 11.3 Å². The normalized spacial score (nSPS) is 16.8. The summed E-state index contributed by atoms with van der Waals surface area (Å²) in [4.78, 5) is 12.0. The third-order valence-corrected chi connectivity index (χ3v) is 3.29. The van der Waals surface area contributed by atoms with Crippen LogP contribution in [-0.4, -0.2) is 5.91 Å². The Kier molecular flexibility index (Phi) is 2.89. The van der Waals surface area contributed by atoms with Gasteiger partial charge in [-0.05, 0) is 25.1 Å². The molecule has 0 spiro atoms. The fraction of sp³-hybridized carbons (Fsp3) is 0.133. The molecule has 102 valence electrons. The van der Waals surface area contributed by atoms with E-state index in [1.54, 1.807) is 6.07 Å². The maximum Gasteiger partial charge on any atom is 0.251 e. The Bertz CT molecular complexity index is 680. The topological polar surface area (TPSA) is 41.1 Å². The number of benzene rings is 2. The Hall–Kier alpha value is -2.43. The lowest BCUT2D eigenvalue weighted by Gasteiger charge is -2.14. The molecular formula is C15H12F2N2O. The molecule has 2 N–H and O–H groups in total. The van der Waals surface area contributed by atoms with Gasteiger partial charge < -0.3 is 10.6 Å². The number of nitrogens with one attached hydrogen (secondary N) is 2. The first-order chi connectivity index (χ1) is 9.56. The van der Waals surface area contributed by atoms with Gasteiger partial charge in [-0.25, -0.2) is 8.78 Å². The number of hydrogen-bond donors (Lipinski definition) is 2. The molecule has 0 radical (unpaired) electrons. The first-order valence-electron chi connectivity index (χ1n) is 6.18. The van der Waals surface area contributed by atoms with Crippen LogP contribution in [0.5, 0.6) is 0 Å². The van der Waals surface area contributed by atoms with Crippen molar-refractivity contribution < 1.29 is 13.6 Å². The number of rotatable bonds is 2. The molecule has 5 heteroatoms. The van der Waals surface area contributed by atoms with E-state index in [-0.39, 0.29) is 11.6 Å². The molecule has 1 amide bonds. The van der Waals surface area contributed by atoms with Crippen LogP contribution >= 0.6 is 0 Å². The maximum atomic E-state index is 13.7. The minimum atomic E-state index is -0.795. The Morgan fingerprint density at radius 1 is 1.15 bits per heavy atom. The maximum absolute atomic E-state index is 13.7. The van der Waals surface area contributed by atoms with Crippen molar-refractivity contribution in [1.82, 2.24) is 0 Å². The summed E-state index contributed by atoms with van der Waals surface area (Å²) in [5.74, 6) is -1.77. The summed E-state index contributed by atoms with van der Waals surface area (Å²) in [7, 11) is 0. The molecule has 0 bridgehead atoms. The minimum Gasteiger partial charge on any atom is -0.365 e. The summed E-state index contributed by atoms with van der Waals surface area (Å²) >= 11 is 0. The highest BCUT2D eigenvalue weighted by molar-refractivity contribution is 6.04. The molecule has 2 aromatic carbocycles. The molecule has 20 heavy (non-hydrogen) atoms. The summed E-state index contributed by atoms with van der Waals surface area (Å²) in [6, 6.07) is 8.25. The van der Waals surface area contributed by atoms with Gasteiger partial charge in [0.25, 0.3) is 5.91 Å². The molecule has 1 atom stereocenters. The summed E-state index contributed by atoms with van der Waals surface area (Å²) < 4.78 is 27.3. The van der Waals surface area contributed by atoms with Gasteiger partial charge >= 0.3 is 0 Å². The van der Waals surface area contributed by atoms with Crippen molar-refractivity contribution in [3.8, 4) is 0 Å². The molecule has 0 fully saturated rings. The van der Waals surface area contributed by atoms with Crippen LogP contribution in [0.2, 0.25) is 0 Å². The van der Waals surface area contributed by atoms with Gasteiger partial charge in [0.1, 0.15) is 23.4 Å². The average Bonchev–Trinajstić information content (AvgIpc) is 2.70. The predicted molar refractivity (Wildman–Crippen MR) is 72.5 cm³/mol. The predicted octanol–water partition coefficient (Wildman–Crippen LogP) is 3.38. The second kappa shape index (κ2) is 4.59. The monoisotopic (exact) mass is 274 g/mol. The van der Waals surface area contributed by atoms with Crippen LogP contribution < -0.4 is 10.6 Å². The molecule has 1 unspecified atom stereocenters. The number of aryl methyl sites for hydroxylation is 1. The van der Waals surface area contributed by atoms with E-state index in [2.05, 4.69) is 10.6 Å². The minimum absolute atomic E-state index is 0.290. The first-order valence-corrected chi connectivity index (χ1v) is 6.18. The van der Waals surface area contributed by atoms with Crippen molar-refractivity contribution in [1.29, 1.82) is 0 Å². The highest BCUT2D eigenvalue weighted by Gasteiger charge is 2.31. The Labute approximate surface area is 114 Å². The van der Waals surface area contributed by atoms with Gasteiger partial charge in [-0.1, -0.05) is 23.8 Å². The molecule has 0 aromatic heterocycles. The van der Waals surface area contributed by atoms with Gasteiger partial charge in [0.15, 0.2) is 0 Å². The lowest BCUT2D eigenvalue weighted by molar-refractivity contribution is -0.116. The third kappa shape index (κ3) is 2.01. The fourth-order valence-corrected chi connectivity index (χ4v) is 2.30. The molecule has 0 aliphatic carbocycles. The number of amides is 1. The third-order valence-electron chi connectivity index (χ3n) is 3.29. The molecule has 2 aromatic rings. The van der Waals surface area contributed by atoms with E-state index in [0.29, 0.717) is 11.3 Å². The molecule has 3 rings (SSSR count). The Morgan fingerprint density at radius 3 is 2.55 bits per heavy atom. The van der Waals surface area contributed by atoms with Gasteiger partial charge in [-0.3, -0.25) is 4.79 Å². The number of para-hydroxylation sites is 1. The van der Waals surface area contributed by atoms with Crippen LogP contribution in [0, 0.1) is 18.6 Å². The molecule has 0 saturated heterocycles. The molecule has 0 saturated carbocycles. The number of anilines is 2. The SMILES string of the molecule is Cc1ccc2c(c1)C(Nc1c(F)cccc1F)C(=O)N2. The second-order valence-corrected chi connectivity index (χ2v) is 4.75. The van der Waals surface area contributed by atoms with E-state index in [9.17, 15) is 13.6 Å². The molecule has 1 aliphatic heterocycles. The van der Waals surface area contributed by atoms with E-state index < -0.39 is 17.7 Å². The molecule has 1 aliphatic rings. The van der Waals surface area contributed by atoms with E-state index in [1.165, 1.54) is 6.07 Å². The Balaban J connectivity index is 2.00. The van der Waals surface area contributed by atoms with Crippen LogP contribution in [0.3, 0.4) is 0 Å². The van der Waals surface area contributed by atoms with Crippen LogP contribution in [0.1, 0.15) is 17.2 Å². The summed E-state index contributed by atoms with van der Waals surface area (Å²) in [6.07, 6.45) is 0. The van der Waals surface area contributed by atoms with Crippen molar-refractivity contribution >= 4 is 17.3 Å². The zero-order valence-electron chi connectivity index (χ0n) is 10.7. The number of carbonyl (C=O) groups excluding carboxylic acids is 1. The number of halogens is 2. The van der Waals surface area contributed by atoms with E-state index in [4.69, 9.17) is 0 Å². The zero-order valence-corrected chi connectivity index (χ0v) is 10.7. The molecule has 1 heterocycles. The number of hydrogen-bond acceptors (Lipinski definition) is 2. The standard InChI is InChI=1S/C15H12F2N2O/c1-8-5-6-12-9(7-8)13(15(20)18-12)19-14-10(16)3-2-4-11(14)17/h2-7,13,19H,1H3,(H,18,20). The number of fused-ring (bicyclic) bond motifs is 1. The molecular weight excluding hydrogens is 262 g/mol. The largest absolute Gasteiger partial charge is 0.365 e. The Morgan fingerprint density at radius 2 is 1.85 bits per heavy atom. The van der Waals surface area contributed by atoms with Crippen molar-refractivity contribution in [2.75, 3.05) is 10.6 Å². The number of carbonyl (C=O) groups is 1. The van der Waals surface area contributed by atoms with Crippen LogP contribution in [0.4, 0.5) is 20.2 Å². The summed E-state index contributed by atoms with van der Waals surface area (Å²) in [6.45, 7) is 1.89. The zero-order chi connectivity index (χ0) is 14.3. The van der Waals surface area contributed by atoms with E-state index in [0.717, 1.165) is 17.7 Å². The highest BCUT2D eigenvalue weighted by Crippen LogP contribution is 2.35. The first kappa shape index (κ1) is 12.6. The van der Waals surface area contributed by atoms with E-state index >= 15 is 0 Å². The highest BCUT2D eigenvalue weighted by atomic mass is 19.1. The smallest absolute Gasteiger partial charge is 0.251 e. The van der Waals surface area contributed by atoms with Crippen molar-refractivity contribution in [3.63, 3.8) is 0 Å². The quantitative estimate of drug-likeness (QED) is 0.881.